The summed E-state index contributed by atoms with van der Waals surface area (Å²) in [5, 5.41) is 0.641. The number of thiazole rings is 1. The van der Waals surface area contributed by atoms with Gasteiger partial charge in [0.05, 0.1) is 11.2 Å². The molecule has 0 spiro atoms. The summed E-state index contributed by atoms with van der Waals surface area (Å²) >= 11 is 0.774. The second-order valence-corrected chi connectivity index (χ2v) is 3.90. The van der Waals surface area contributed by atoms with E-state index in [4.69, 9.17) is 0 Å². The van der Waals surface area contributed by atoms with Crippen molar-refractivity contribution < 1.29 is 13.2 Å². The summed E-state index contributed by atoms with van der Waals surface area (Å²) in [6.07, 6.45) is -1.31. The Morgan fingerprint density at radius 1 is 1.42 bits per heavy atom. The zero-order chi connectivity index (χ0) is 8.77. The van der Waals surface area contributed by atoms with Crippen LogP contribution in [-0.4, -0.2) is 4.98 Å². The first-order valence-electron chi connectivity index (χ1n) is 3.60. The highest BCUT2D eigenvalue weighted by Gasteiger charge is 2.35. The van der Waals surface area contributed by atoms with Gasteiger partial charge < -0.3 is 0 Å². The summed E-state index contributed by atoms with van der Waals surface area (Å²) in [4.78, 5) is 3.16. The van der Waals surface area contributed by atoms with Gasteiger partial charge in [-0.05, 0) is 12.8 Å². The largest absolute Gasteiger partial charge is 0.427 e. The molecule has 1 aliphatic carbocycles. The average Bonchev–Trinajstić information content (AvgIpc) is 2.66. The monoisotopic (exact) mass is 193 g/mol. The lowest BCUT2D eigenvalue weighted by Gasteiger charge is -1.99. The van der Waals surface area contributed by atoms with E-state index in [2.05, 4.69) is 4.98 Å². The van der Waals surface area contributed by atoms with Gasteiger partial charge in [-0.15, -0.1) is 11.3 Å². The first kappa shape index (κ1) is 8.04. The Labute approximate surface area is 71.2 Å². The molecule has 2 rings (SSSR count). The van der Waals surface area contributed by atoms with Gasteiger partial charge in [0, 0.05) is 5.92 Å². The van der Waals surface area contributed by atoms with E-state index in [1.807, 2.05) is 0 Å². The maximum absolute atomic E-state index is 12.1. The normalized spacial score (nSPS) is 18.2. The van der Waals surface area contributed by atoms with E-state index < -0.39 is 11.1 Å². The van der Waals surface area contributed by atoms with Crippen LogP contribution in [0.25, 0.3) is 0 Å². The van der Waals surface area contributed by atoms with Gasteiger partial charge in [-0.3, -0.25) is 0 Å². The van der Waals surface area contributed by atoms with E-state index in [0.29, 0.717) is 10.9 Å². The molecule has 1 fully saturated rings. The van der Waals surface area contributed by atoms with Gasteiger partial charge in [-0.25, -0.2) is 4.98 Å². The van der Waals surface area contributed by atoms with E-state index in [1.165, 1.54) is 0 Å². The molecule has 12 heavy (non-hydrogen) atoms. The lowest BCUT2D eigenvalue weighted by atomic mass is 10.5. The van der Waals surface area contributed by atoms with Gasteiger partial charge >= 0.3 is 6.18 Å². The van der Waals surface area contributed by atoms with Crippen LogP contribution in [0.3, 0.4) is 0 Å². The Balaban J connectivity index is 2.23. The van der Waals surface area contributed by atoms with Gasteiger partial charge in [-0.2, -0.15) is 13.2 Å². The first-order valence-corrected chi connectivity index (χ1v) is 4.42. The smallest absolute Gasteiger partial charge is 0.249 e. The van der Waals surface area contributed by atoms with Gasteiger partial charge in [-0.1, -0.05) is 0 Å². The van der Waals surface area contributed by atoms with Crippen molar-refractivity contribution in [2.24, 2.45) is 0 Å². The lowest BCUT2D eigenvalue weighted by Crippen LogP contribution is -2.00. The third-order valence-electron chi connectivity index (χ3n) is 1.73. The van der Waals surface area contributed by atoms with Gasteiger partial charge in [0.2, 0.25) is 0 Å². The van der Waals surface area contributed by atoms with Crippen LogP contribution in [-0.2, 0) is 6.18 Å². The number of hydrogen-bond donors (Lipinski definition) is 0. The van der Waals surface area contributed by atoms with Crippen molar-refractivity contribution in [2.45, 2.75) is 24.9 Å². The van der Waals surface area contributed by atoms with Crippen LogP contribution >= 0.6 is 11.3 Å². The maximum atomic E-state index is 12.1. The maximum Gasteiger partial charge on any atom is 0.427 e. The summed E-state index contributed by atoms with van der Waals surface area (Å²) in [6.45, 7) is 0. The summed E-state index contributed by atoms with van der Waals surface area (Å²) in [6, 6.07) is 0. The van der Waals surface area contributed by atoms with Crippen LogP contribution in [0.1, 0.15) is 28.6 Å². The minimum absolute atomic E-state index is 0.311. The highest BCUT2D eigenvalue weighted by Crippen LogP contribution is 2.44. The van der Waals surface area contributed by atoms with Gasteiger partial charge in [0.15, 0.2) is 0 Å². The van der Waals surface area contributed by atoms with Crippen LogP contribution < -0.4 is 0 Å². The van der Waals surface area contributed by atoms with Crippen LogP contribution in [0, 0.1) is 0 Å². The number of aromatic nitrogens is 1. The molecular weight excluding hydrogens is 187 g/mol. The molecule has 0 amide bonds. The van der Waals surface area contributed by atoms with Crippen LogP contribution in [0.2, 0.25) is 0 Å². The van der Waals surface area contributed by atoms with E-state index in [9.17, 15) is 13.2 Å². The van der Waals surface area contributed by atoms with E-state index in [-0.39, 0.29) is 0 Å². The number of nitrogens with zero attached hydrogens (tertiary/aromatic N) is 1. The molecule has 0 bridgehead atoms. The SMILES string of the molecule is FC(F)(F)c1cnc(C2CC2)s1. The molecule has 0 unspecified atom stereocenters. The highest BCUT2D eigenvalue weighted by atomic mass is 32.1. The number of rotatable bonds is 1. The second kappa shape index (κ2) is 2.45. The number of halogens is 3. The first-order chi connectivity index (χ1) is 5.57. The average molecular weight is 193 g/mol. The molecule has 0 radical (unpaired) electrons. The molecule has 66 valence electrons. The molecular formula is C7H6F3NS. The predicted octanol–water partition coefficient (Wildman–Crippen LogP) is 3.04. The predicted molar refractivity (Wildman–Crippen MR) is 39.1 cm³/mol. The standard InChI is InChI=1S/C7H6F3NS/c8-7(9,10)5-3-11-6(12-5)4-1-2-4/h3-4H,1-2H2. The molecule has 1 heterocycles. The molecule has 5 heteroatoms. The number of alkyl halides is 3. The van der Waals surface area contributed by atoms with E-state index in [0.717, 1.165) is 30.4 Å². The molecule has 0 N–H and O–H groups in total. The second-order valence-electron chi connectivity index (χ2n) is 2.83. The fraction of sp³-hybridized carbons (Fsp3) is 0.571. The molecule has 1 saturated carbocycles. The summed E-state index contributed by atoms with van der Waals surface area (Å²) in [7, 11) is 0. The minimum Gasteiger partial charge on any atom is -0.249 e. The molecule has 0 aliphatic heterocycles. The Kier molecular flexibility index (Phi) is 1.64. The third kappa shape index (κ3) is 1.46. The van der Waals surface area contributed by atoms with Crippen LogP contribution in [0.4, 0.5) is 13.2 Å². The summed E-state index contributed by atoms with van der Waals surface area (Å²) in [5.41, 5.74) is 0. The fourth-order valence-electron chi connectivity index (χ4n) is 0.938. The summed E-state index contributed by atoms with van der Waals surface area (Å²) in [5.74, 6) is 0.311. The van der Waals surface area contributed by atoms with Crippen molar-refractivity contribution in [3.63, 3.8) is 0 Å². The van der Waals surface area contributed by atoms with Crippen molar-refractivity contribution in [3.8, 4) is 0 Å². The highest BCUT2D eigenvalue weighted by molar-refractivity contribution is 7.11. The van der Waals surface area contributed by atoms with Crippen molar-refractivity contribution in [1.82, 2.24) is 4.98 Å². The van der Waals surface area contributed by atoms with E-state index in [1.54, 1.807) is 0 Å². The quantitative estimate of drug-likeness (QED) is 0.668. The zero-order valence-corrected chi connectivity index (χ0v) is 6.87. The van der Waals surface area contributed by atoms with Crippen molar-refractivity contribution in [1.29, 1.82) is 0 Å². The topological polar surface area (TPSA) is 12.9 Å². The van der Waals surface area contributed by atoms with Crippen molar-refractivity contribution in [3.05, 3.63) is 16.1 Å². The van der Waals surface area contributed by atoms with E-state index >= 15 is 0 Å². The summed E-state index contributed by atoms with van der Waals surface area (Å²) < 4.78 is 36.2. The van der Waals surface area contributed by atoms with Crippen molar-refractivity contribution in [2.75, 3.05) is 0 Å². The molecule has 1 aromatic heterocycles. The van der Waals surface area contributed by atoms with Crippen LogP contribution in [0.15, 0.2) is 6.20 Å². The van der Waals surface area contributed by atoms with Gasteiger partial charge in [0.1, 0.15) is 4.88 Å². The van der Waals surface area contributed by atoms with Crippen molar-refractivity contribution >= 4 is 11.3 Å². The molecule has 1 nitrogen and oxygen atoms in total. The Morgan fingerprint density at radius 2 is 2.08 bits per heavy atom. The Morgan fingerprint density at radius 3 is 2.50 bits per heavy atom. The number of hydrogen-bond acceptors (Lipinski definition) is 2. The molecule has 1 aromatic rings. The Bertz CT molecular complexity index is 287. The third-order valence-corrected chi connectivity index (χ3v) is 2.93. The minimum atomic E-state index is -4.22. The zero-order valence-electron chi connectivity index (χ0n) is 6.06. The molecule has 1 aliphatic rings. The molecule has 0 saturated heterocycles. The lowest BCUT2D eigenvalue weighted by molar-refractivity contribution is -0.134. The fourth-order valence-corrected chi connectivity index (χ4v) is 1.89. The van der Waals surface area contributed by atoms with Crippen LogP contribution in [0.5, 0.6) is 0 Å². The molecule has 0 aromatic carbocycles. The van der Waals surface area contributed by atoms with Gasteiger partial charge in [0.25, 0.3) is 0 Å². The molecule has 0 atom stereocenters. The Hall–Kier alpha value is -0.580.